The second-order valence-corrected chi connectivity index (χ2v) is 10.2. The third-order valence-corrected chi connectivity index (χ3v) is 6.28. The van der Waals surface area contributed by atoms with Crippen molar-refractivity contribution in [2.24, 2.45) is 0 Å². The van der Waals surface area contributed by atoms with Crippen LogP contribution in [0.3, 0.4) is 0 Å². The van der Waals surface area contributed by atoms with E-state index in [9.17, 15) is 14.3 Å². The van der Waals surface area contributed by atoms with Crippen molar-refractivity contribution in [2.75, 3.05) is 24.3 Å². The average molecular weight is 519 g/mol. The van der Waals surface area contributed by atoms with Gasteiger partial charge in [0, 0.05) is 41.5 Å². The number of ether oxygens (including phenoxy) is 1. The number of nitrogens with zero attached hydrogens (tertiary/aromatic N) is 3. The maximum Gasteiger partial charge on any atom is 0.251 e. The predicted octanol–water partition coefficient (Wildman–Crippen LogP) is 4.67. The molecule has 0 spiro atoms. The maximum absolute atomic E-state index is 14.3. The Hall–Kier alpha value is -4.18. The molecule has 0 radical (unpaired) electrons. The highest BCUT2D eigenvalue weighted by Gasteiger charge is 2.25. The predicted molar refractivity (Wildman–Crippen MR) is 145 cm³/mol. The van der Waals surface area contributed by atoms with Crippen molar-refractivity contribution >= 4 is 28.7 Å². The number of carbonyl (C=O) groups is 1. The molecule has 1 saturated carbocycles. The van der Waals surface area contributed by atoms with Gasteiger partial charge in [0.15, 0.2) is 23.0 Å². The van der Waals surface area contributed by atoms with E-state index in [0.717, 1.165) is 24.0 Å². The molecule has 5 rings (SSSR count). The number of halogens is 1. The van der Waals surface area contributed by atoms with Crippen LogP contribution in [0.5, 0.6) is 5.75 Å². The summed E-state index contributed by atoms with van der Waals surface area (Å²) < 4.78 is 21.0. The van der Waals surface area contributed by atoms with Crippen LogP contribution < -0.4 is 20.7 Å². The molecule has 1 aliphatic rings. The first kappa shape index (κ1) is 25.5. The van der Waals surface area contributed by atoms with Crippen LogP contribution in [0.4, 0.5) is 21.6 Å². The highest BCUT2D eigenvalue weighted by atomic mass is 19.1. The summed E-state index contributed by atoms with van der Waals surface area (Å²) in [4.78, 5) is 17.2. The number of methoxy groups -OCH3 is 1. The van der Waals surface area contributed by atoms with Crippen molar-refractivity contribution in [3.63, 3.8) is 0 Å². The summed E-state index contributed by atoms with van der Waals surface area (Å²) in [5, 5.41) is 24.4. The first-order valence-electron chi connectivity index (χ1n) is 12.5. The number of nitrogens with one attached hydrogen (secondary N) is 3. The van der Waals surface area contributed by atoms with Crippen molar-refractivity contribution in [3.8, 4) is 17.0 Å². The van der Waals surface area contributed by atoms with E-state index < -0.39 is 11.4 Å². The van der Waals surface area contributed by atoms with E-state index in [-0.39, 0.29) is 24.2 Å². The van der Waals surface area contributed by atoms with Crippen LogP contribution in [0.15, 0.2) is 48.7 Å². The number of aliphatic hydroxyl groups is 1. The largest absolute Gasteiger partial charge is 0.494 e. The minimum atomic E-state index is -0.962. The Kier molecular flexibility index (Phi) is 6.66. The second-order valence-electron chi connectivity index (χ2n) is 10.2. The lowest BCUT2D eigenvalue weighted by Gasteiger charge is -2.19. The molecule has 0 aliphatic heterocycles. The summed E-state index contributed by atoms with van der Waals surface area (Å²) in [5.74, 6) is 0.0254. The molecule has 0 atom stereocenters. The van der Waals surface area contributed by atoms with Crippen LogP contribution >= 0.6 is 0 Å². The maximum atomic E-state index is 14.3. The third-order valence-electron chi connectivity index (χ3n) is 6.28. The second kappa shape index (κ2) is 9.94. The van der Waals surface area contributed by atoms with Crippen molar-refractivity contribution in [1.29, 1.82) is 0 Å². The van der Waals surface area contributed by atoms with E-state index in [1.807, 2.05) is 25.1 Å². The van der Waals surface area contributed by atoms with E-state index >= 15 is 0 Å². The summed E-state index contributed by atoms with van der Waals surface area (Å²) in [5.41, 5.74) is 3.77. The van der Waals surface area contributed by atoms with Gasteiger partial charge in [0.2, 0.25) is 0 Å². The fourth-order valence-corrected chi connectivity index (χ4v) is 4.13. The molecule has 4 aromatic rings. The Morgan fingerprint density at radius 1 is 1.21 bits per heavy atom. The van der Waals surface area contributed by atoms with Crippen LogP contribution in [0.2, 0.25) is 0 Å². The van der Waals surface area contributed by atoms with E-state index in [2.05, 4.69) is 20.9 Å². The summed E-state index contributed by atoms with van der Waals surface area (Å²) in [6.07, 6.45) is 3.77. The first-order chi connectivity index (χ1) is 18.1. The summed E-state index contributed by atoms with van der Waals surface area (Å²) in [7, 11) is 1.41. The highest BCUT2D eigenvalue weighted by molar-refractivity contribution is 5.96. The standard InChI is InChI=1S/C28H31FN6O3/c1-16-11-17(5-9-20(16)27(36)33-18-6-7-18)23-14-30-26-22(31-15-28(2,3)37)13-25(34-35(23)26)32-19-8-10-24(38-4)21(29)12-19/h5,8-14,18,31,37H,6-7,15H2,1-4H3,(H,32,34)(H,33,36). The van der Waals surface area contributed by atoms with Gasteiger partial charge in [0.1, 0.15) is 0 Å². The minimum Gasteiger partial charge on any atom is -0.494 e. The Bertz CT molecular complexity index is 1510. The molecule has 1 aliphatic carbocycles. The molecule has 2 aromatic heterocycles. The van der Waals surface area contributed by atoms with E-state index in [0.29, 0.717) is 34.1 Å². The molecule has 38 heavy (non-hydrogen) atoms. The average Bonchev–Trinajstić information content (AvgIpc) is 3.57. The fraction of sp³-hybridized carbons (Fsp3) is 0.321. The summed E-state index contributed by atoms with van der Waals surface area (Å²) >= 11 is 0. The zero-order chi connectivity index (χ0) is 27.0. The van der Waals surface area contributed by atoms with Crippen molar-refractivity contribution in [2.45, 2.75) is 45.3 Å². The number of imidazole rings is 1. The van der Waals surface area contributed by atoms with Gasteiger partial charge in [0.05, 0.1) is 30.3 Å². The molecule has 198 valence electrons. The van der Waals surface area contributed by atoms with Crippen LogP contribution in [0, 0.1) is 12.7 Å². The van der Waals surface area contributed by atoms with Crippen LogP contribution in [0.1, 0.15) is 42.6 Å². The van der Waals surface area contributed by atoms with Crippen molar-refractivity contribution in [1.82, 2.24) is 19.9 Å². The number of anilines is 3. The van der Waals surface area contributed by atoms with Crippen molar-refractivity contribution < 1.29 is 19.0 Å². The molecule has 0 unspecified atom stereocenters. The number of fused-ring (bicyclic) bond motifs is 1. The molecular formula is C28H31FN6O3. The molecule has 2 heterocycles. The molecule has 0 saturated heterocycles. The topological polar surface area (TPSA) is 113 Å². The van der Waals surface area contributed by atoms with Crippen LogP contribution in [-0.4, -0.2) is 50.9 Å². The minimum absolute atomic E-state index is 0.0656. The zero-order valence-electron chi connectivity index (χ0n) is 21.8. The highest BCUT2D eigenvalue weighted by Crippen LogP contribution is 2.30. The summed E-state index contributed by atoms with van der Waals surface area (Å²) in [6, 6.07) is 12.2. The summed E-state index contributed by atoms with van der Waals surface area (Å²) in [6.45, 7) is 5.59. The molecule has 0 bridgehead atoms. The zero-order valence-corrected chi connectivity index (χ0v) is 21.8. The van der Waals surface area contributed by atoms with E-state index in [1.54, 1.807) is 36.7 Å². The molecule has 9 nitrogen and oxygen atoms in total. The van der Waals surface area contributed by atoms with Gasteiger partial charge in [-0.15, -0.1) is 5.10 Å². The number of benzene rings is 2. The first-order valence-corrected chi connectivity index (χ1v) is 12.5. The number of hydrogen-bond acceptors (Lipinski definition) is 7. The van der Waals surface area contributed by atoms with Gasteiger partial charge < -0.3 is 25.8 Å². The van der Waals surface area contributed by atoms with Gasteiger partial charge >= 0.3 is 0 Å². The lowest BCUT2D eigenvalue weighted by atomic mass is 10.0. The Morgan fingerprint density at radius 2 is 2.00 bits per heavy atom. The number of rotatable bonds is 9. The lowest BCUT2D eigenvalue weighted by Crippen LogP contribution is -2.29. The van der Waals surface area contributed by atoms with Gasteiger partial charge in [-0.05, 0) is 63.4 Å². The molecule has 4 N–H and O–H groups in total. The van der Waals surface area contributed by atoms with Gasteiger partial charge in [-0.25, -0.2) is 13.9 Å². The van der Waals surface area contributed by atoms with Gasteiger partial charge in [-0.3, -0.25) is 4.79 Å². The number of aromatic nitrogens is 3. The normalized spacial score (nSPS) is 13.4. The van der Waals surface area contributed by atoms with Crippen LogP contribution in [0.25, 0.3) is 16.9 Å². The Balaban J connectivity index is 1.53. The quantitative estimate of drug-likeness (QED) is 0.255. The van der Waals surface area contributed by atoms with Gasteiger partial charge in [-0.2, -0.15) is 0 Å². The molecule has 1 fully saturated rings. The molecular weight excluding hydrogens is 487 g/mol. The van der Waals surface area contributed by atoms with E-state index in [1.165, 1.54) is 19.2 Å². The Labute approximate surface area is 220 Å². The third kappa shape index (κ3) is 5.55. The SMILES string of the molecule is COc1ccc(Nc2cc(NCC(C)(C)O)c3ncc(-c4ccc(C(=O)NC5CC5)c(C)c4)n3n2)cc1F. The number of hydrogen-bond donors (Lipinski definition) is 4. The number of aryl methyl sites for hydroxylation is 1. The Morgan fingerprint density at radius 3 is 2.66 bits per heavy atom. The van der Waals surface area contributed by atoms with Crippen molar-refractivity contribution in [3.05, 3.63) is 65.6 Å². The van der Waals surface area contributed by atoms with Crippen LogP contribution in [-0.2, 0) is 0 Å². The monoisotopic (exact) mass is 518 g/mol. The number of amides is 1. The van der Waals surface area contributed by atoms with Gasteiger partial charge in [0.25, 0.3) is 5.91 Å². The lowest BCUT2D eigenvalue weighted by molar-refractivity contribution is 0.0940. The molecule has 2 aromatic carbocycles. The fourth-order valence-electron chi connectivity index (χ4n) is 4.13. The van der Waals surface area contributed by atoms with E-state index in [4.69, 9.17) is 9.84 Å². The van der Waals surface area contributed by atoms with Gasteiger partial charge in [-0.1, -0.05) is 6.07 Å². The smallest absolute Gasteiger partial charge is 0.251 e. The number of carbonyl (C=O) groups excluding carboxylic acids is 1. The molecule has 10 heteroatoms. The molecule has 1 amide bonds.